The molecule has 2 aromatic rings. The predicted molar refractivity (Wildman–Crippen MR) is 227 cm³/mol. The fraction of sp³-hybridized carbons (Fsp3) is 0.463. The molecule has 4 N–H and O–H groups in total. The smallest absolute Gasteiger partial charge is 0.353 e. The number of carboxylic acid groups (broad SMARTS) is 2. The second-order valence-electron chi connectivity index (χ2n) is 15.0. The molecule has 4 aliphatic rings. The van der Waals surface area contributed by atoms with Crippen LogP contribution in [0.3, 0.4) is 0 Å². The van der Waals surface area contributed by atoms with Gasteiger partial charge in [0.15, 0.2) is 0 Å². The number of thioether (sulfide) groups is 2. The number of carbonyl (C=O) groups excluding carboxylic acids is 4. The van der Waals surface area contributed by atoms with Crippen LogP contribution in [0.1, 0.15) is 68.2 Å². The zero-order valence-corrected chi connectivity index (χ0v) is 35.9. The fourth-order valence-corrected chi connectivity index (χ4v) is 11.1. The van der Waals surface area contributed by atoms with E-state index >= 15 is 0 Å². The lowest BCUT2D eigenvalue weighted by atomic mass is 10.0. The van der Waals surface area contributed by atoms with Crippen LogP contribution >= 0.6 is 46.7 Å². The summed E-state index contributed by atoms with van der Waals surface area (Å²) in [4.78, 5) is 83.3. The van der Waals surface area contributed by atoms with Gasteiger partial charge in [0.1, 0.15) is 46.3 Å². The minimum Gasteiger partial charge on any atom is -0.477 e. The van der Waals surface area contributed by atoms with E-state index < -0.39 is 58.7 Å². The van der Waals surface area contributed by atoms with Crippen molar-refractivity contribution in [3.63, 3.8) is 0 Å². The molecule has 0 saturated carbocycles. The Balaban J connectivity index is 0.930. The number of hydrogen-bond acceptors (Lipinski definition) is 10. The largest absolute Gasteiger partial charge is 0.477 e. The van der Waals surface area contributed by atoms with Gasteiger partial charge in [-0.15, -0.1) is 23.5 Å². The zero-order valence-electron chi connectivity index (χ0n) is 32.7. The summed E-state index contributed by atoms with van der Waals surface area (Å²) in [6.07, 6.45) is 6.74. The number of nitrogens with one attached hydrogen (secondary N) is 2. The number of aliphatic carboxylic acids is 2. The van der Waals surface area contributed by atoms with Crippen LogP contribution in [0, 0.1) is 0 Å². The second-order valence-corrected chi connectivity index (χ2v) is 18.1. The minimum atomic E-state index is -1.27. The molecule has 0 radical (unpaired) electrons. The number of carboxylic acids is 2. The van der Waals surface area contributed by atoms with Gasteiger partial charge in [-0.1, -0.05) is 116 Å². The Morgan fingerprint density at radius 1 is 0.644 bits per heavy atom. The lowest BCUT2D eigenvalue weighted by molar-refractivity contribution is -0.151. The van der Waals surface area contributed by atoms with Crippen LogP contribution < -0.4 is 10.6 Å². The van der Waals surface area contributed by atoms with Crippen molar-refractivity contribution in [2.45, 2.75) is 79.9 Å². The highest BCUT2D eigenvalue weighted by atomic mass is 35.5. The summed E-state index contributed by atoms with van der Waals surface area (Å²) < 4.78 is 0. The van der Waals surface area contributed by atoms with E-state index in [1.807, 2.05) is 84.6 Å². The topological polar surface area (TPSA) is 180 Å². The number of unbranched alkanes of at least 4 members (excludes halogenated alkanes) is 6. The number of β-lactam (4-membered cyclic amide) rings is 2. The van der Waals surface area contributed by atoms with Crippen molar-refractivity contribution in [3.8, 4) is 0 Å². The van der Waals surface area contributed by atoms with Gasteiger partial charge in [0.2, 0.25) is 11.8 Å². The van der Waals surface area contributed by atoms with Crippen molar-refractivity contribution in [1.29, 1.82) is 0 Å². The van der Waals surface area contributed by atoms with Crippen LogP contribution in [0.2, 0.25) is 0 Å². The number of halogens is 2. The number of nitrogens with zero attached hydrogens (tertiary/aromatic N) is 4. The van der Waals surface area contributed by atoms with Crippen LogP contribution in [-0.4, -0.2) is 127 Å². The Labute approximate surface area is 361 Å². The summed E-state index contributed by atoms with van der Waals surface area (Å²) >= 11 is 14.9. The maximum atomic E-state index is 13.7. The molecular weight excluding hydrogens is 840 g/mol. The van der Waals surface area contributed by atoms with Gasteiger partial charge in [-0.05, 0) is 51.2 Å². The van der Waals surface area contributed by atoms with Crippen LogP contribution in [0.4, 0.5) is 0 Å². The highest BCUT2D eigenvalue weighted by molar-refractivity contribution is 8.00. The Kier molecular flexibility index (Phi) is 15.1. The van der Waals surface area contributed by atoms with E-state index in [1.165, 1.54) is 23.5 Å². The average Bonchev–Trinajstić information content (AvgIpc) is 3.21. The van der Waals surface area contributed by atoms with E-state index in [1.54, 1.807) is 0 Å². The molecule has 18 heteroatoms. The third-order valence-electron chi connectivity index (χ3n) is 11.0. The summed E-state index contributed by atoms with van der Waals surface area (Å²) in [7, 11) is 3.78. The first-order chi connectivity index (χ1) is 28.3. The molecule has 14 nitrogen and oxygen atoms in total. The van der Waals surface area contributed by atoms with Crippen molar-refractivity contribution >= 4 is 82.3 Å². The highest BCUT2D eigenvalue weighted by Crippen LogP contribution is 2.43. The monoisotopic (exact) mass is 886 g/mol. The first-order valence-electron chi connectivity index (χ1n) is 19.6. The first kappa shape index (κ1) is 44.5. The van der Waals surface area contributed by atoms with E-state index in [0.29, 0.717) is 13.1 Å². The van der Waals surface area contributed by atoms with Crippen LogP contribution in [0.15, 0.2) is 82.1 Å². The third-order valence-corrected chi connectivity index (χ3v) is 14.5. The van der Waals surface area contributed by atoms with Crippen molar-refractivity contribution in [2.75, 3.05) is 38.7 Å². The predicted octanol–water partition coefficient (Wildman–Crippen LogP) is 4.93. The second kappa shape index (κ2) is 20.0. The Bertz CT molecular complexity index is 1850. The molecule has 0 aliphatic carbocycles. The number of fused-ring (bicyclic) bond motifs is 2. The first-order valence-corrected chi connectivity index (χ1v) is 22.4. The summed E-state index contributed by atoms with van der Waals surface area (Å²) in [5.41, 5.74) is 1.14. The molecule has 0 bridgehead atoms. The number of amides is 4. The van der Waals surface area contributed by atoms with E-state index in [9.17, 15) is 39.0 Å². The van der Waals surface area contributed by atoms with E-state index in [4.69, 9.17) is 23.2 Å². The molecule has 4 unspecified atom stereocenters. The number of rotatable bonds is 20. The normalized spacial score (nSPS) is 22.3. The molecule has 0 spiro atoms. The van der Waals surface area contributed by atoms with Gasteiger partial charge >= 0.3 is 11.9 Å². The molecule has 2 aromatic carbocycles. The van der Waals surface area contributed by atoms with Gasteiger partial charge in [-0.3, -0.25) is 38.8 Å². The lowest BCUT2D eigenvalue weighted by Crippen LogP contribution is -2.71. The highest BCUT2D eigenvalue weighted by Gasteiger charge is 2.56. The van der Waals surface area contributed by atoms with Crippen LogP contribution in [0.25, 0.3) is 0 Å². The SMILES string of the molecule is CN(CCCCCCCCCN(C)C(C(=O)N[C@H]1C(=O)N2C(C(=O)O)=C(Cl)CSC12)c1ccccc1)C(C(=O)N[C@@H]1C(=O)N2C(C(=O)O)=C(Cl)CSC12)c1ccccc1. The minimum absolute atomic E-state index is 0.103. The summed E-state index contributed by atoms with van der Waals surface area (Å²) in [5, 5.41) is 24.1. The van der Waals surface area contributed by atoms with Gasteiger partial charge in [0.25, 0.3) is 11.8 Å². The standard InChI is InChI=1S/C41H48Cl2N6O8S2/c1-46(30(24-16-10-8-11-17-24)34(50)44-28-36(52)48-32(40(54)55)26(42)22-58-38(28)48)20-14-6-4-3-5-7-15-21-47(2)31(25-18-12-9-13-19-25)35(51)45-29-37(53)49-33(41(56)57)27(43)23-59-39(29)49/h8-13,16-19,28-31,38-39H,3-7,14-15,20-23H2,1-2H3,(H,44,50)(H,45,51)(H,54,55)(H,56,57)/t28-,29+,30?,31?,38?,39?. The van der Waals surface area contributed by atoms with Gasteiger partial charge < -0.3 is 20.8 Å². The number of hydrogen-bond donors (Lipinski definition) is 4. The summed E-state index contributed by atoms with van der Waals surface area (Å²) in [6.45, 7) is 1.31. The van der Waals surface area contributed by atoms with Crippen LogP contribution in [0.5, 0.6) is 0 Å². The molecule has 2 fully saturated rings. The van der Waals surface area contributed by atoms with Crippen molar-refractivity contribution in [2.24, 2.45) is 0 Å². The van der Waals surface area contributed by atoms with E-state index in [-0.39, 0.29) is 44.8 Å². The van der Waals surface area contributed by atoms with Gasteiger partial charge in [-0.2, -0.15) is 0 Å². The summed E-state index contributed by atoms with van der Waals surface area (Å²) in [6, 6.07) is 15.8. The molecule has 4 amide bonds. The van der Waals surface area contributed by atoms with Gasteiger partial charge in [0.05, 0.1) is 10.1 Å². The van der Waals surface area contributed by atoms with Crippen molar-refractivity contribution < 1.29 is 39.0 Å². The zero-order chi connectivity index (χ0) is 42.4. The fourth-order valence-electron chi connectivity index (χ4n) is 7.98. The quantitative estimate of drug-likeness (QED) is 0.104. The summed E-state index contributed by atoms with van der Waals surface area (Å²) in [5.74, 6) is -3.68. The number of likely N-dealkylation sites (N-methyl/N-ethyl adjacent to an activating group) is 2. The maximum absolute atomic E-state index is 13.7. The molecule has 4 heterocycles. The molecule has 0 aromatic heterocycles. The molecule has 6 atom stereocenters. The Morgan fingerprint density at radius 2 is 0.983 bits per heavy atom. The van der Waals surface area contributed by atoms with Crippen molar-refractivity contribution in [1.82, 2.24) is 30.2 Å². The van der Waals surface area contributed by atoms with E-state index in [0.717, 1.165) is 65.9 Å². The average molecular weight is 888 g/mol. The number of benzene rings is 2. The van der Waals surface area contributed by atoms with Crippen molar-refractivity contribution in [3.05, 3.63) is 93.2 Å². The third kappa shape index (κ3) is 9.79. The molecule has 59 heavy (non-hydrogen) atoms. The Morgan fingerprint density at radius 3 is 1.32 bits per heavy atom. The molecule has 2 saturated heterocycles. The van der Waals surface area contributed by atoms with E-state index in [2.05, 4.69) is 10.6 Å². The van der Waals surface area contributed by atoms with Gasteiger partial charge in [-0.25, -0.2) is 9.59 Å². The number of carbonyl (C=O) groups is 6. The molecule has 4 aliphatic heterocycles. The molecule has 6 rings (SSSR count). The Hall–Kier alpha value is -4.06. The van der Waals surface area contributed by atoms with Gasteiger partial charge in [0, 0.05) is 11.5 Å². The molecule has 316 valence electrons. The maximum Gasteiger partial charge on any atom is 0.353 e. The molecular formula is C41H48Cl2N6O8S2. The van der Waals surface area contributed by atoms with Crippen LogP contribution in [-0.2, 0) is 28.8 Å². The lowest BCUT2D eigenvalue weighted by Gasteiger charge is -2.49.